The monoisotopic (exact) mass is 457 g/mol. The number of carboxylic acid groups (broad SMARTS) is 1. The minimum Gasteiger partial charge on any atom is -0.475 e. The number of nitrogens with zero attached hydrogens (tertiary/aromatic N) is 1. The van der Waals surface area contributed by atoms with Gasteiger partial charge in [0.2, 0.25) is 5.82 Å². The van der Waals surface area contributed by atoms with Crippen LogP contribution in [-0.2, 0) is 19.4 Å². The highest BCUT2D eigenvalue weighted by molar-refractivity contribution is 7.18. The first kappa shape index (κ1) is 24.6. The largest absolute Gasteiger partial charge is 0.475 e. The van der Waals surface area contributed by atoms with Gasteiger partial charge in [0.25, 0.3) is 5.56 Å². The number of amidine groups is 1. The maximum atomic E-state index is 11.8. The van der Waals surface area contributed by atoms with E-state index in [0.717, 1.165) is 36.0 Å². The summed E-state index contributed by atoms with van der Waals surface area (Å²) in [4.78, 5) is 30.5. The molecule has 2 heterocycles. The minimum absolute atomic E-state index is 0. The molecule has 3 aromatic rings. The number of nitrogens with two attached hydrogens (primary N) is 2. The lowest BCUT2D eigenvalue weighted by molar-refractivity contribution is 0.0683. The summed E-state index contributed by atoms with van der Waals surface area (Å²) in [6, 6.07) is 7.34. The Balaban J connectivity index is 0.000000289. The number of hydrogen-bond acceptors (Lipinski definition) is 6. The normalized spacial score (nSPS) is 11.5. The molecule has 0 saturated heterocycles. The smallest absolute Gasteiger partial charge is 0.372 e. The third-order valence-electron chi connectivity index (χ3n) is 4.28. The molecule has 29 heavy (non-hydrogen) atoms. The van der Waals surface area contributed by atoms with E-state index in [-0.39, 0.29) is 42.0 Å². The molecule has 0 radical (unpaired) electrons. The second-order valence-electron chi connectivity index (χ2n) is 6.07. The summed E-state index contributed by atoms with van der Waals surface area (Å²) in [6.45, 7) is 0.526. The van der Waals surface area contributed by atoms with E-state index in [4.69, 9.17) is 22.0 Å². The SMILES string of the molecule is Cl.Cl.N=C(N)c1ccc(CN)cc1.O=C(O)c1nc2sc3c(c2c(=O)[nH]1)CCC3. The fourth-order valence-corrected chi connectivity index (χ4v) is 4.19. The Morgan fingerprint density at radius 2 is 1.90 bits per heavy atom. The van der Waals surface area contributed by atoms with E-state index in [9.17, 15) is 9.59 Å². The lowest BCUT2D eigenvalue weighted by atomic mass is 10.1. The number of aromatic nitrogens is 2. The number of rotatable bonds is 3. The van der Waals surface area contributed by atoms with Crippen molar-refractivity contribution in [3.63, 3.8) is 0 Å². The van der Waals surface area contributed by atoms with Crippen LogP contribution in [0, 0.1) is 5.41 Å². The molecule has 156 valence electrons. The Kier molecular flexibility index (Phi) is 8.78. The fraction of sp³-hybridized carbons (Fsp3) is 0.222. The van der Waals surface area contributed by atoms with Gasteiger partial charge in [0, 0.05) is 17.0 Å². The highest BCUT2D eigenvalue weighted by Gasteiger charge is 2.22. The van der Waals surface area contributed by atoms with E-state index < -0.39 is 5.97 Å². The molecular weight excluding hydrogens is 437 g/mol. The van der Waals surface area contributed by atoms with Crippen molar-refractivity contribution in [1.29, 1.82) is 5.41 Å². The summed E-state index contributed by atoms with van der Waals surface area (Å²) in [5.74, 6) is -1.39. The number of aromatic amines is 1. The highest BCUT2D eigenvalue weighted by atomic mass is 35.5. The second kappa shape index (κ2) is 10.4. The van der Waals surface area contributed by atoms with Crippen LogP contribution in [0.15, 0.2) is 29.1 Å². The van der Waals surface area contributed by atoms with Crippen molar-refractivity contribution in [3.8, 4) is 0 Å². The number of carbonyl (C=O) groups is 1. The van der Waals surface area contributed by atoms with Gasteiger partial charge in [-0.3, -0.25) is 10.2 Å². The first-order chi connectivity index (χ1) is 12.9. The Morgan fingerprint density at radius 3 is 2.45 bits per heavy atom. The number of fused-ring (bicyclic) bond motifs is 3. The molecule has 1 aliphatic rings. The van der Waals surface area contributed by atoms with Crippen LogP contribution < -0.4 is 17.0 Å². The van der Waals surface area contributed by atoms with E-state index in [1.807, 2.05) is 12.1 Å². The molecule has 0 aliphatic heterocycles. The van der Waals surface area contributed by atoms with E-state index in [0.29, 0.717) is 16.8 Å². The van der Waals surface area contributed by atoms with Gasteiger partial charge >= 0.3 is 5.97 Å². The van der Waals surface area contributed by atoms with Crippen molar-refractivity contribution in [2.75, 3.05) is 0 Å². The Labute approximate surface area is 182 Å². The van der Waals surface area contributed by atoms with E-state index in [1.165, 1.54) is 16.2 Å². The number of aromatic carboxylic acids is 1. The zero-order valence-corrected chi connectivity index (χ0v) is 17.7. The van der Waals surface area contributed by atoms with E-state index in [1.54, 1.807) is 12.1 Å². The zero-order chi connectivity index (χ0) is 19.6. The molecule has 0 saturated carbocycles. The van der Waals surface area contributed by atoms with Crippen molar-refractivity contribution in [1.82, 2.24) is 9.97 Å². The number of nitrogens with one attached hydrogen (secondary N) is 2. The molecule has 0 spiro atoms. The first-order valence-electron chi connectivity index (χ1n) is 8.32. The highest BCUT2D eigenvalue weighted by Crippen LogP contribution is 2.34. The molecule has 2 aromatic heterocycles. The maximum absolute atomic E-state index is 11.8. The predicted molar refractivity (Wildman–Crippen MR) is 119 cm³/mol. The number of nitrogen functional groups attached to an aromatic ring is 1. The lowest BCUT2D eigenvalue weighted by Crippen LogP contribution is -2.15. The standard InChI is InChI=1S/C10H8N2O3S.C8H11N3.2ClH/c13-8-6-4-2-1-3-5(4)16-9(6)12-7(11-8)10(14)15;9-5-6-1-3-7(4-2-6)8(10)11;;/h1-3H2,(H,14,15)(H,11,12,13);1-4H,5,9H2,(H3,10,11);2*1H. The van der Waals surface area contributed by atoms with Gasteiger partial charge in [-0.05, 0) is 30.4 Å². The van der Waals surface area contributed by atoms with Gasteiger partial charge in [-0.25, -0.2) is 9.78 Å². The van der Waals surface area contributed by atoms with Crippen LogP contribution in [0.5, 0.6) is 0 Å². The molecule has 8 nitrogen and oxygen atoms in total. The van der Waals surface area contributed by atoms with Crippen LogP contribution in [0.2, 0.25) is 0 Å². The molecule has 0 unspecified atom stereocenters. The first-order valence-corrected chi connectivity index (χ1v) is 9.13. The van der Waals surface area contributed by atoms with Crippen LogP contribution in [0.3, 0.4) is 0 Å². The van der Waals surface area contributed by atoms with Crippen LogP contribution in [0.25, 0.3) is 10.2 Å². The predicted octanol–water partition coefficient (Wildman–Crippen LogP) is 2.44. The Hall–Kier alpha value is -2.46. The maximum Gasteiger partial charge on any atom is 0.372 e. The number of H-pyrrole nitrogens is 1. The second-order valence-corrected chi connectivity index (χ2v) is 7.16. The van der Waals surface area contributed by atoms with Crippen LogP contribution in [0.1, 0.15) is 38.6 Å². The number of hydrogen-bond donors (Lipinski definition) is 5. The van der Waals surface area contributed by atoms with Crippen molar-refractivity contribution in [3.05, 3.63) is 62.0 Å². The average molecular weight is 458 g/mol. The van der Waals surface area contributed by atoms with E-state index >= 15 is 0 Å². The summed E-state index contributed by atoms with van der Waals surface area (Å²) in [6.07, 6.45) is 2.93. The van der Waals surface area contributed by atoms with Crippen molar-refractivity contribution < 1.29 is 9.90 Å². The summed E-state index contributed by atoms with van der Waals surface area (Å²) < 4.78 is 0. The Morgan fingerprint density at radius 1 is 1.24 bits per heavy atom. The molecular formula is C18H21Cl2N5O3S. The fourth-order valence-electron chi connectivity index (χ4n) is 2.92. The summed E-state index contributed by atoms with van der Waals surface area (Å²) in [5.41, 5.74) is 13.2. The van der Waals surface area contributed by atoms with Gasteiger partial charge in [0.15, 0.2) is 0 Å². The minimum atomic E-state index is -1.20. The molecule has 0 amide bonds. The van der Waals surface area contributed by atoms with Crippen molar-refractivity contribution in [2.24, 2.45) is 11.5 Å². The Bertz CT molecular complexity index is 1080. The molecule has 1 aliphatic carbocycles. The molecule has 7 N–H and O–H groups in total. The number of aryl methyl sites for hydroxylation is 2. The summed E-state index contributed by atoms with van der Waals surface area (Å²) in [5, 5.41) is 16.5. The number of thiophene rings is 1. The van der Waals surface area contributed by atoms with E-state index in [2.05, 4.69) is 9.97 Å². The number of halogens is 2. The van der Waals surface area contributed by atoms with Crippen LogP contribution in [0.4, 0.5) is 0 Å². The molecule has 1 aromatic carbocycles. The summed E-state index contributed by atoms with van der Waals surface area (Å²) >= 11 is 1.44. The third-order valence-corrected chi connectivity index (χ3v) is 5.46. The molecule has 4 rings (SSSR count). The lowest BCUT2D eigenvalue weighted by Gasteiger charge is -1.98. The van der Waals surface area contributed by atoms with Gasteiger partial charge in [-0.1, -0.05) is 24.3 Å². The number of benzene rings is 1. The third kappa shape index (κ3) is 5.33. The summed E-state index contributed by atoms with van der Waals surface area (Å²) in [7, 11) is 0. The van der Waals surface area contributed by atoms with Gasteiger partial charge in [-0.15, -0.1) is 36.2 Å². The topological polar surface area (TPSA) is 159 Å². The average Bonchev–Trinajstić information content (AvgIpc) is 3.22. The van der Waals surface area contributed by atoms with Crippen LogP contribution in [-0.4, -0.2) is 26.9 Å². The van der Waals surface area contributed by atoms with Gasteiger partial charge in [0.1, 0.15) is 10.7 Å². The van der Waals surface area contributed by atoms with Gasteiger partial charge in [-0.2, -0.15) is 0 Å². The molecule has 0 bridgehead atoms. The van der Waals surface area contributed by atoms with Crippen molar-refractivity contribution in [2.45, 2.75) is 25.8 Å². The van der Waals surface area contributed by atoms with Gasteiger partial charge in [0.05, 0.1) is 5.39 Å². The number of carboxylic acids is 1. The van der Waals surface area contributed by atoms with Crippen molar-refractivity contribution >= 4 is 58.2 Å². The molecule has 0 atom stereocenters. The molecule has 0 fully saturated rings. The van der Waals surface area contributed by atoms with Crippen LogP contribution >= 0.6 is 36.2 Å². The van der Waals surface area contributed by atoms with Gasteiger partial charge < -0.3 is 21.6 Å². The molecule has 11 heteroatoms. The quantitative estimate of drug-likeness (QED) is 0.299. The zero-order valence-electron chi connectivity index (χ0n) is 15.2.